The Morgan fingerprint density at radius 3 is 2.35 bits per heavy atom. The zero-order chi connectivity index (χ0) is 15.3. The molecular formula is C14H19F2NO2S. The molecule has 0 N–H and O–H groups in total. The van der Waals surface area contributed by atoms with E-state index in [1.165, 1.54) is 6.07 Å². The van der Waals surface area contributed by atoms with Crippen molar-refractivity contribution < 1.29 is 17.8 Å². The Labute approximate surface area is 120 Å². The lowest BCUT2D eigenvalue weighted by Crippen LogP contribution is -2.34. The second-order valence-electron chi connectivity index (χ2n) is 4.41. The normalized spacial score (nSPS) is 13.8. The van der Waals surface area contributed by atoms with Gasteiger partial charge in [0, 0.05) is 23.9 Å². The molecule has 1 aromatic carbocycles. The molecule has 0 aliphatic heterocycles. The zero-order valence-electron chi connectivity index (χ0n) is 11.9. The molecule has 6 heteroatoms. The van der Waals surface area contributed by atoms with Gasteiger partial charge in [-0.1, -0.05) is 6.07 Å². The fraction of sp³-hybridized carbons (Fsp3) is 0.500. The Bertz CT molecular complexity index is 504. The van der Waals surface area contributed by atoms with Gasteiger partial charge in [-0.05, 0) is 38.5 Å². The maximum Gasteiger partial charge on any atom is 0.235 e. The third kappa shape index (κ3) is 4.10. The first-order chi connectivity index (χ1) is 9.40. The third-order valence-electron chi connectivity index (χ3n) is 3.19. The van der Waals surface area contributed by atoms with E-state index < -0.39 is 27.7 Å². The van der Waals surface area contributed by atoms with E-state index in [0.717, 1.165) is 12.1 Å². The van der Waals surface area contributed by atoms with Crippen LogP contribution < -0.4 is 0 Å². The van der Waals surface area contributed by atoms with Gasteiger partial charge >= 0.3 is 0 Å². The fourth-order valence-corrected chi connectivity index (χ4v) is 2.96. The fourth-order valence-electron chi connectivity index (χ4n) is 1.83. The van der Waals surface area contributed by atoms with Crippen LogP contribution in [0, 0.1) is 11.6 Å². The van der Waals surface area contributed by atoms with Crippen LogP contribution in [0.5, 0.6) is 0 Å². The smallest absolute Gasteiger partial charge is 0.235 e. The largest absolute Gasteiger partial charge is 0.342 e. The van der Waals surface area contributed by atoms with Gasteiger partial charge < -0.3 is 4.90 Å². The molecule has 0 aliphatic rings. The molecule has 0 unspecified atom stereocenters. The number of benzene rings is 1. The summed E-state index contributed by atoms with van der Waals surface area (Å²) in [6.07, 6.45) is 0. The lowest BCUT2D eigenvalue weighted by molar-refractivity contribution is -0.128. The van der Waals surface area contributed by atoms with Crippen LogP contribution in [0.15, 0.2) is 18.2 Å². The van der Waals surface area contributed by atoms with Crippen LogP contribution in [0.25, 0.3) is 0 Å². The summed E-state index contributed by atoms with van der Waals surface area (Å²) in [5.74, 6) is -2.21. The van der Waals surface area contributed by atoms with Crippen molar-refractivity contribution in [3.63, 3.8) is 0 Å². The molecule has 0 spiro atoms. The highest BCUT2D eigenvalue weighted by Crippen LogP contribution is 2.21. The van der Waals surface area contributed by atoms with Crippen molar-refractivity contribution in [3.05, 3.63) is 35.4 Å². The summed E-state index contributed by atoms with van der Waals surface area (Å²) >= 11 is 0. The van der Waals surface area contributed by atoms with Crippen LogP contribution in [0.4, 0.5) is 8.78 Å². The number of hydrogen-bond acceptors (Lipinski definition) is 2. The van der Waals surface area contributed by atoms with Crippen molar-refractivity contribution in [2.45, 2.75) is 26.0 Å². The van der Waals surface area contributed by atoms with Gasteiger partial charge in [0.1, 0.15) is 5.75 Å². The molecule has 0 aromatic heterocycles. The standard InChI is InChI=1S/C14H19F2NO2S/c1-4-17(5-2)14(18)9-20(19)10(3)11-6-7-12(15)13(16)8-11/h6-8,10H,4-5,9H2,1-3H3/t10-,20+/m0/s1. The molecule has 0 saturated heterocycles. The van der Waals surface area contributed by atoms with Crippen molar-refractivity contribution in [2.75, 3.05) is 18.8 Å². The molecule has 112 valence electrons. The van der Waals surface area contributed by atoms with Gasteiger partial charge in [0.25, 0.3) is 0 Å². The van der Waals surface area contributed by atoms with Crippen LogP contribution in [-0.4, -0.2) is 33.9 Å². The summed E-state index contributed by atoms with van der Waals surface area (Å²) < 4.78 is 38.1. The molecule has 0 radical (unpaired) electrons. The Balaban J connectivity index is 2.76. The van der Waals surface area contributed by atoms with E-state index in [1.54, 1.807) is 11.8 Å². The average molecular weight is 303 g/mol. The number of nitrogens with zero attached hydrogens (tertiary/aromatic N) is 1. The molecule has 0 aliphatic carbocycles. The van der Waals surface area contributed by atoms with Gasteiger partial charge in [-0.2, -0.15) is 0 Å². The Hall–Kier alpha value is -1.30. The number of halogens is 2. The van der Waals surface area contributed by atoms with E-state index in [1.807, 2.05) is 13.8 Å². The summed E-state index contributed by atoms with van der Waals surface area (Å²) in [6.45, 7) is 6.46. The van der Waals surface area contributed by atoms with Crippen LogP contribution in [0.3, 0.4) is 0 Å². The van der Waals surface area contributed by atoms with Gasteiger partial charge in [0.15, 0.2) is 11.6 Å². The van der Waals surface area contributed by atoms with Gasteiger partial charge in [-0.3, -0.25) is 9.00 Å². The van der Waals surface area contributed by atoms with Crippen LogP contribution >= 0.6 is 0 Å². The molecule has 1 rings (SSSR count). The van der Waals surface area contributed by atoms with Gasteiger partial charge in [0.05, 0.1) is 5.25 Å². The summed E-state index contributed by atoms with van der Waals surface area (Å²) in [7, 11) is -1.46. The Morgan fingerprint density at radius 2 is 1.85 bits per heavy atom. The number of hydrogen-bond donors (Lipinski definition) is 0. The molecule has 3 nitrogen and oxygen atoms in total. The minimum atomic E-state index is -1.46. The average Bonchev–Trinajstić information content (AvgIpc) is 2.42. The molecule has 0 fully saturated rings. The lowest BCUT2D eigenvalue weighted by Gasteiger charge is -2.19. The van der Waals surface area contributed by atoms with Crippen LogP contribution in [0.2, 0.25) is 0 Å². The predicted octanol–water partition coefficient (Wildman–Crippen LogP) is 2.64. The van der Waals surface area contributed by atoms with Crippen molar-refractivity contribution in [3.8, 4) is 0 Å². The maximum absolute atomic E-state index is 13.2. The first kappa shape index (κ1) is 16.8. The monoisotopic (exact) mass is 303 g/mol. The molecule has 0 saturated carbocycles. The summed E-state index contributed by atoms with van der Waals surface area (Å²) in [6, 6.07) is 3.42. The molecule has 0 bridgehead atoms. The minimum Gasteiger partial charge on any atom is -0.342 e. The second kappa shape index (κ2) is 7.47. The van der Waals surface area contributed by atoms with Gasteiger partial charge in [-0.15, -0.1) is 0 Å². The number of carbonyl (C=O) groups is 1. The van der Waals surface area contributed by atoms with Crippen LogP contribution in [0.1, 0.15) is 31.6 Å². The number of amides is 1. The quantitative estimate of drug-likeness (QED) is 0.810. The second-order valence-corrected chi connectivity index (χ2v) is 6.16. The minimum absolute atomic E-state index is 0.109. The molecule has 1 amide bonds. The zero-order valence-corrected chi connectivity index (χ0v) is 12.7. The Morgan fingerprint density at radius 1 is 1.25 bits per heavy atom. The SMILES string of the molecule is CCN(CC)C(=O)C[S@@](=O)[C@@H](C)c1ccc(F)c(F)c1. The van der Waals surface area contributed by atoms with Gasteiger partial charge in [-0.25, -0.2) is 8.78 Å². The Kier molecular flexibility index (Phi) is 6.26. The topological polar surface area (TPSA) is 37.4 Å². The number of carbonyl (C=O) groups excluding carboxylic acids is 1. The van der Waals surface area contributed by atoms with Crippen molar-refractivity contribution in [2.24, 2.45) is 0 Å². The van der Waals surface area contributed by atoms with Gasteiger partial charge in [0.2, 0.25) is 5.91 Å². The van der Waals surface area contributed by atoms with E-state index in [2.05, 4.69) is 0 Å². The predicted molar refractivity (Wildman–Crippen MR) is 75.7 cm³/mol. The van der Waals surface area contributed by atoms with E-state index >= 15 is 0 Å². The molecule has 20 heavy (non-hydrogen) atoms. The molecule has 1 aromatic rings. The van der Waals surface area contributed by atoms with Crippen molar-refractivity contribution in [1.29, 1.82) is 0 Å². The first-order valence-corrected chi connectivity index (χ1v) is 7.88. The summed E-state index contributed by atoms with van der Waals surface area (Å²) in [5, 5.41) is -0.524. The van der Waals surface area contributed by atoms with E-state index in [-0.39, 0.29) is 11.7 Å². The first-order valence-electron chi connectivity index (χ1n) is 6.50. The highest BCUT2D eigenvalue weighted by atomic mass is 32.2. The van der Waals surface area contributed by atoms with Crippen molar-refractivity contribution >= 4 is 16.7 Å². The van der Waals surface area contributed by atoms with E-state index in [4.69, 9.17) is 0 Å². The lowest BCUT2D eigenvalue weighted by atomic mass is 10.1. The van der Waals surface area contributed by atoms with E-state index in [9.17, 15) is 17.8 Å². The third-order valence-corrected chi connectivity index (χ3v) is 4.78. The van der Waals surface area contributed by atoms with E-state index in [0.29, 0.717) is 18.7 Å². The summed E-state index contributed by atoms with van der Waals surface area (Å²) in [4.78, 5) is 13.5. The maximum atomic E-state index is 13.2. The van der Waals surface area contributed by atoms with Crippen LogP contribution in [-0.2, 0) is 15.6 Å². The molecule has 2 atom stereocenters. The highest BCUT2D eigenvalue weighted by molar-refractivity contribution is 7.86. The molecule has 0 heterocycles. The molecular weight excluding hydrogens is 284 g/mol. The highest BCUT2D eigenvalue weighted by Gasteiger charge is 2.20. The number of rotatable bonds is 6. The van der Waals surface area contributed by atoms with Crippen molar-refractivity contribution in [1.82, 2.24) is 4.90 Å². The summed E-state index contributed by atoms with van der Waals surface area (Å²) in [5.41, 5.74) is 0.426.